The van der Waals surface area contributed by atoms with Crippen LogP contribution in [0.15, 0.2) is 18.5 Å². The zero-order valence-corrected chi connectivity index (χ0v) is 10.8. The van der Waals surface area contributed by atoms with E-state index in [2.05, 4.69) is 10.1 Å². The molecule has 0 saturated carbocycles. The lowest BCUT2D eigenvalue weighted by molar-refractivity contribution is -0.385. The first-order valence-electron chi connectivity index (χ1n) is 6.03. The van der Waals surface area contributed by atoms with Crippen LogP contribution in [0.4, 0.5) is 5.69 Å². The van der Waals surface area contributed by atoms with Crippen molar-refractivity contribution >= 4 is 17.3 Å². The fourth-order valence-electron chi connectivity index (χ4n) is 2.27. The molecule has 0 atom stereocenters. The molecule has 3 rings (SSSR count). The summed E-state index contributed by atoms with van der Waals surface area (Å²) in [5.74, 6) is 0.432. The highest BCUT2D eigenvalue weighted by molar-refractivity contribution is 6.32. The molecule has 0 amide bonds. The number of nitro groups is 1. The molecule has 6 nitrogen and oxygen atoms in total. The summed E-state index contributed by atoms with van der Waals surface area (Å²) in [6.45, 7) is 0. The molecule has 2 heterocycles. The summed E-state index contributed by atoms with van der Waals surface area (Å²) in [4.78, 5) is 14.2. The van der Waals surface area contributed by atoms with E-state index in [9.17, 15) is 10.1 Å². The van der Waals surface area contributed by atoms with Gasteiger partial charge in [-0.15, -0.1) is 0 Å². The third kappa shape index (κ3) is 2.19. The highest BCUT2D eigenvalue weighted by Crippen LogP contribution is 2.25. The number of fused-ring (bicyclic) bond motifs is 1. The van der Waals surface area contributed by atoms with Crippen LogP contribution >= 0.6 is 11.6 Å². The molecule has 2 aromatic heterocycles. The Kier molecular flexibility index (Phi) is 2.94. The lowest BCUT2D eigenvalue weighted by Gasteiger charge is -2.06. The van der Waals surface area contributed by atoms with E-state index in [0.717, 1.165) is 25.0 Å². The summed E-state index contributed by atoms with van der Waals surface area (Å²) >= 11 is 6.04. The third-order valence-corrected chi connectivity index (χ3v) is 3.50. The third-order valence-electron chi connectivity index (χ3n) is 3.22. The average Bonchev–Trinajstić information content (AvgIpc) is 2.81. The zero-order chi connectivity index (χ0) is 13.4. The van der Waals surface area contributed by atoms with Crippen LogP contribution in [0.25, 0.3) is 5.82 Å². The number of aryl methyl sites for hydroxylation is 2. The van der Waals surface area contributed by atoms with Crippen molar-refractivity contribution in [2.75, 3.05) is 0 Å². The van der Waals surface area contributed by atoms with Gasteiger partial charge in [-0.1, -0.05) is 11.6 Å². The number of halogens is 1. The smallest absolute Gasteiger partial charge is 0.258 e. The summed E-state index contributed by atoms with van der Waals surface area (Å²) in [5, 5.41) is 15.3. The Morgan fingerprint density at radius 2 is 2.16 bits per heavy atom. The normalized spacial score (nSPS) is 14.2. The van der Waals surface area contributed by atoms with Crippen LogP contribution in [0.1, 0.15) is 24.1 Å². The van der Waals surface area contributed by atoms with Crippen molar-refractivity contribution in [3.8, 4) is 5.82 Å². The van der Waals surface area contributed by atoms with Gasteiger partial charge >= 0.3 is 0 Å². The number of hydrogen-bond acceptors (Lipinski definition) is 4. The van der Waals surface area contributed by atoms with Crippen molar-refractivity contribution < 1.29 is 4.92 Å². The second-order valence-corrected chi connectivity index (χ2v) is 4.92. The van der Waals surface area contributed by atoms with E-state index >= 15 is 0 Å². The average molecular weight is 279 g/mol. The molecule has 19 heavy (non-hydrogen) atoms. The molecule has 0 aliphatic heterocycles. The Balaban J connectivity index is 2.02. The molecule has 7 heteroatoms. The molecule has 0 aromatic carbocycles. The molecular formula is C12H11ClN4O2. The minimum absolute atomic E-state index is 0.120. The maximum atomic E-state index is 10.6. The first-order valence-corrected chi connectivity index (χ1v) is 6.40. The van der Waals surface area contributed by atoms with Gasteiger partial charge in [-0.05, 0) is 31.2 Å². The standard InChI is InChI=1S/C12H11ClN4O2/c13-10-5-9(17(18)19)6-14-12(10)16-7-8-3-1-2-4-11(8)15-16/h5-7H,1-4H2. The van der Waals surface area contributed by atoms with Crippen LogP contribution < -0.4 is 0 Å². The highest BCUT2D eigenvalue weighted by atomic mass is 35.5. The molecule has 0 bridgehead atoms. The van der Waals surface area contributed by atoms with Crippen molar-refractivity contribution in [2.45, 2.75) is 25.7 Å². The molecule has 1 aliphatic carbocycles. The predicted octanol–water partition coefficient (Wildman–Crippen LogP) is 2.71. The molecule has 0 saturated heterocycles. The van der Waals surface area contributed by atoms with Gasteiger partial charge in [0.25, 0.3) is 5.69 Å². The summed E-state index contributed by atoms with van der Waals surface area (Å²) in [6, 6.07) is 1.30. The number of pyridine rings is 1. The summed E-state index contributed by atoms with van der Waals surface area (Å²) in [6.07, 6.45) is 7.40. The quantitative estimate of drug-likeness (QED) is 0.625. The summed E-state index contributed by atoms with van der Waals surface area (Å²) in [7, 11) is 0. The molecule has 0 radical (unpaired) electrons. The Morgan fingerprint density at radius 1 is 1.37 bits per heavy atom. The second kappa shape index (κ2) is 4.62. The van der Waals surface area contributed by atoms with Crippen molar-refractivity contribution in [3.05, 3.63) is 44.9 Å². The van der Waals surface area contributed by atoms with Gasteiger partial charge in [0, 0.05) is 12.3 Å². The molecule has 0 unspecified atom stereocenters. The topological polar surface area (TPSA) is 73.8 Å². The van der Waals surface area contributed by atoms with Crippen molar-refractivity contribution in [1.82, 2.24) is 14.8 Å². The van der Waals surface area contributed by atoms with Crippen LogP contribution in [-0.4, -0.2) is 19.7 Å². The van der Waals surface area contributed by atoms with Gasteiger partial charge < -0.3 is 0 Å². The van der Waals surface area contributed by atoms with Gasteiger partial charge in [-0.3, -0.25) is 10.1 Å². The fraction of sp³-hybridized carbons (Fsp3) is 0.333. The Labute approximate surface area is 114 Å². The van der Waals surface area contributed by atoms with E-state index in [4.69, 9.17) is 11.6 Å². The van der Waals surface area contributed by atoms with Crippen LogP contribution in [0, 0.1) is 10.1 Å². The molecule has 2 aromatic rings. The van der Waals surface area contributed by atoms with Crippen LogP contribution in [0.3, 0.4) is 0 Å². The summed E-state index contributed by atoms with van der Waals surface area (Å²) < 4.78 is 1.61. The summed E-state index contributed by atoms with van der Waals surface area (Å²) in [5.41, 5.74) is 2.16. The van der Waals surface area contributed by atoms with E-state index in [0.29, 0.717) is 5.82 Å². The fourth-order valence-corrected chi connectivity index (χ4v) is 2.52. The molecule has 1 aliphatic rings. The second-order valence-electron chi connectivity index (χ2n) is 4.51. The Morgan fingerprint density at radius 3 is 2.84 bits per heavy atom. The van der Waals surface area contributed by atoms with E-state index in [1.54, 1.807) is 4.68 Å². The first-order chi connectivity index (χ1) is 9.15. The number of hydrogen-bond donors (Lipinski definition) is 0. The maximum absolute atomic E-state index is 10.6. The van der Waals surface area contributed by atoms with Gasteiger partial charge in [0.15, 0.2) is 5.82 Å². The zero-order valence-electron chi connectivity index (χ0n) is 10.0. The van der Waals surface area contributed by atoms with Crippen LogP contribution in [-0.2, 0) is 12.8 Å². The van der Waals surface area contributed by atoms with Gasteiger partial charge in [-0.25, -0.2) is 9.67 Å². The van der Waals surface area contributed by atoms with Crippen molar-refractivity contribution in [1.29, 1.82) is 0 Å². The van der Waals surface area contributed by atoms with Gasteiger partial charge in [0.1, 0.15) is 6.20 Å². The minimum atomic E-state index is -0.517. The number of rotatable bonds is 2. The van der Waals surface area contributed by atoms with Crippen molar-refractivity contribution in [3.63, 3.8) is 0 Å². The van der Waals surface area contributed by atoms with Crippen molar-refractivity contribution in [2.24, 2.45) is 0 Å². The Hall–Kier alpha value is -1.95. The van der Waals surface area contributed by atoms with Gasteiger partial charge in [-0.2, -0.15) is 5.10 Å². The van der Waals surface area contributed by atoms with E-state index in [-0.39, 0.29) is 10.7 Å². The molecule has 0 fully saturated rings. The van der Waals surface area contributed by atoms with Crippen LogP contribution in [0.2, 0.25) is 5.02 Å². The Bertz CT molecular complexity index is 630. The van der Waals surface area contributed by atoms with Gasteiger partial charge in [0.05, 0.1) is 15.6 Å². The monoisotopic (exact) mass is 278 g/mol. The van der Waals surface area contributed by atoms with E-state index < -0.39 is 4.92 Å². The van der Waals surface area contributed by atoms with Crippen LogP contribution in [0.5, 0.6) is 0 Å². The van der Waals surface area contributed by atoms with Gasteiger partial charge in [0.2, 0.25) is 0 Å². The lowest BCUT2D eigenvalue weighted by atomic mass is 9.99. The molecule has 98 valence electrons. The van der Waals surface area contributed by atoms with E-state index in [1.807, 2.05) is 6.20 Å². The molecule has 0 spiro atoms. The maximum Gasteiger partial charge on any atom is 0.289 e. The molecule has 0 N–H and O–H groups in total. The predicted molar refractivity (Wildman–Crippen MR) is 69.7 cm³/mol. The highest BCUT2D eigenvalue weighted by Gasteiger charge is 2.17. The lowest BCUT2D eigenvalue weighted by Crippen LogP contribution is -2.02. The van der Waals surface area contributed by atoms with E-state index in [1.165, 1.54) is 24.2 Å². The number of nitrogens with zero attached hydrogens (tertiary/aromatic N) is 4. The SMILES string of the molecule is O=[N+]([O-])c1cnc(-n2cc3c(n2)CCCC3)c(Cl)c1. The minimum Gasteiger partial charge on any atom is -0.258 e. The largest absolute Gasteiger partial charge is 0.289 e. The molecular weight excluding hydrogens is 268 g/mol. The number of aromatic nitrogens is 3. The first kappa shape index (κ1) is 12.1.